The summed E-state index contributed by atoms with van der Waals surface area (Å²) in [7, 11) is 1.40. The molecule has 0 bridgehead atoms. The zero-order chi connectivity index (χ0) is 14.7. The molecule has 1 aromatic heterocycles. The van der Waals surface area contributed by atoms with Gasteiger partial charge in [-0.15, -0.1) is 0 Å². The van der Waals surface area contributed by atoms with Gasteiger partial charge in [0.15, 0.2) is 0 Å². The standard InChI is InChI=1S/C12H15ClN2O5/c1-19-11-7(2-3-13)5-15(12(18)14-11)10-4-8(17)9(6-16)20-10/h2-3,5,8-10,16-17H,4,6H2,1H3/b3-2+/t8-,9+,10+/m0/s1. The molecule has 1 aliphatic heterocycles. The van der Waals surface area contributed by atoms with Crippen LogP contribution in [0.25, 0.3) is 6.08 Å². The van der Waals surface area contributed by atoms with E-state index in [0.29, 0.717) is 5.56 Å². The molecule has 2 N–H and O–H groups in total. The van der Waals surface area contributed by atoms with Crippen molar-refractivity contribution in [2.75, 3.05) is 13.7 Å². The molecule has 0 spiro atoms. The highest BCUT2D eigenvalue weighted by Crippen LogP contribution is 2.28. The smallest absolute Gasteiger partial charge is 0.353 e. The summed E-state index contributed by atoms with van der Waals surface area (Å²) in [6.45, 7) is -0.315. The van der Waals surface area contributed by atoms with Gasteiger partial charge in [-0.05, 0) is 6.08 Å². The van der Waals surface area contributed by atoms with E-state index in [4.69, 9.17) is 26.2 Å². The summed E-state index contributed by atoms with van der Waals surface area (Å²) in [6, 6.07) is 0. The van der Waals surface area contributed by atoms with Crippen LogP contribution in [-0.2, 0) is 4.74 Å². The van der Waals surface area contributed by atoms with Crippen molar-refractivity contribution in [1.82, 2.24) is 9.55 Å². The number of hydrogen-bond acceptors (Lipinski definition) is 6. The highest BCUT2D eigenvalue weighted by Gasteiger charge is 2.35. The first-order chi connectivity index (χ1) is 9.60. The van der Waals surface area contributed by atoms with Crippen LogP contribution in [0.15, 0.2) is 16.5 Å². The van der Waals surface area contributed by atoms with E-state index in [9.17, 15) is 9.90 Å². The first-order valence-electron chi connectivity index (χ1n) is 5.99. The SMILES string of the molecule is COc1nc(=O)n([C@H]2C[C@H](O)[C@@H](CO)O2)cc1/C=C/Cl. The normalized spacial score (nSPS) is 26.3. The molecule has 7 nitrogen and oxygen atoms in total. The lowest BCUT2D eigenvalue weighted by Crippen LogP contribution is -2.28. The average Bonchev–Trinajstić information content (AvgIpc) is 2.81. The molecule has 3 atom stereocenters. The molecule has 0 aliphatic carbocycles. The molecule has 0 saturated carbocycles. The molecule has 8 heteroatoms. The molecule has 0 radical (unpaired) electrons. The van der Waals surface area contributed by atoms with Crippen LogP contribution in [0.2, 0.25) is 0 Å². The minimum absolute atomic E-state index is 0.153. The molecule has 2 heterocycles. The monoisotopic (exact) mass is 302 g/mol. The number of nitrogens with zero attached hydrogens (tertiary/aromatic N) is 2. The van der Waals surface area contributed by atoms with Crippen LogP contribution in [0.5, 0.6) is 5.88 Å². The minimum Gasteiger partial charge on any atom is -0.480 e. The van der Waals surface area contributed by atoms with Gasteiger partial charge in [0.05, 0.1) is 25.4 Å². The fraction of sp³-hybridized carbons (Fsp3) is 0.500. The Morgan fingerprint density at radius 1 is 1.70 bits per heavy atom. The second-order valence-corrected chi connectivity index (χ2v) is 4.55. The highest BCUT2D eigenvalue weighted by molar-refractivity contribution is 6.27. The topological polar surface area (TPSA) is 93.8 Å². The number of ether oxygens (including phenoxy) is 2. The van der Waals surface area contributed by atoms with Crippen LogP contribution in [-0.4, -0.2) is 45.7 Å². The van der Waals surface area contributed by atoms with Crippen LogP contribution in [0, 0.1) is 0 Å². The third-order valence-electron chi connectivity index (χ3n) is 3.07. The maximum Gasteiger partial charge on any atom is 0.353 e. The zero-order valence-corrected chi connectivity index (χ0v) is 11.5. The first-order valence-corrected chi connectivity index (χ1v) is 6.42. The Kier molecular flexibility index (Phi) is 4.77. The van der Waals surface area contributed by atoms with Crippen LogP contribution >= 0.6 is 11.6 Å². The lowest BCUT2D eigenvalue weighted by molar-refractivity contribution is -0.0459. The second-order valence-electron chi connectivity index (χ2n) is 4.30. The predicted octanol–water partition coefficient (Wildman–Crippen LogP) is 0.102. The van der Waals surface area contributed by atoms with Crippen molar-refractivity contribution in [2.24, 2.45) is 0 Å². The van der Waals surface area contributed by atoms with Gasteiger partial charge in [-0.25, -0.2) is 4.79 Å². The van der Waals surface area contributed by atoms with E-state index in [1.165, 1.54) is 29.5 Å². The number of aromatic nitrogens is 2. The van der Waals surface area contributed by atoms with Crippen LogP contribution in [0.4, 0.5) is 0 Å². The lowest BCUT2D eigenvalue weighted by atomic mass is 10.2. The number of aliphatic hydroxyl groups excluding tert-OH is 2. The summed E-state index contributed by atoms with van der Waals surface area (Å²) in [5, 5.41) is 18.8. The van der Waals surface area contributed by atoms with E-state index >= 15 is 0 Å². The van der Waals surface area contributed by atoms with E-state index in [1.807, 2.05) is 0 Å². The molecule has 0 unspecified atom stereocenters. The van der Waals surface area contributed by atoms with Crippen molar-refractivity contribution in [3.63, 3.8) is 0 Å². The molecule has 20 heavy (non-hydrogen) atoms. The zero-order valence-electron chi connectivity index (χ0n) is 10.8. The van der Waals surface area contributed by atoms with E-state index in [2.05, 4.69) is 4.98 Å². The maximum absolute atomic E-state index is 11.9. The number of methoxy groups -OCH3 is 1. The van der Waals surface area contributed by atoms with Crippen molar-refractivity contribution >= 4 is 17.7 Å². The Hall–Kier alpha value is -1.41. The first kappa shape index (κ1) is 15.0. The van der Waals surface area contributed by atoms with Crippen molar-refractivity contribution in [3.05, 3.63) is 27.8 Å². The van der Waals surface area contributed by atoms with Crippen molar-refractivity contribution in [1.29, 1.82) is 0 Å². The van der Waals surface area contributed by atoms with Gasteiger partial charge in [-0.2, -0.15) is 4.98 Å². The highest BCUT2D eigenvalue weighted by atomic mass is 35.5. The summed E-state index contributed by atoms with van der Waals surface area (Å²) in [6.07, 6.45) is 0.994. The lowest BCUT2D eigenvalue weighted by Gasteiger charge is -2.15. The number of rotatable bonds is 4. The molecule has 0 amide bonds. The van der Waals surface area contributed by atoms with Gasteiger partial charge in [0.2, 0.25) is 5.88 Å². The molecule has 1 fully saturated rings. The molecule has 1 saturated heterocycles. The molecule has 1 aliphatic rings. The summed E-state index contributed by atoms with van der Waals surface area (Å²) >= 11 is 5.53. The van der Waals surface area contributed by atoms with Gasteiger partial charge in [0.1, 0.15) is 12.3 Å². The maximum atomic E-state index is 11.9. The largest absolute Gasteiger partial charge is 0.480 e. The Morgan fingerprint density at radius 3 is 3.00 bits per heavy atom. The predicted molar refractivity (Wildman–Crippen MR) is 71.6 cm³/mol. The van der Waals surface area contributed by atoms with Crippen molar-refractivity contribution in [2.45, 2.75) is 24.9 Å². The van der Waals surface area contributed by atoms with E-state index < -0.39 is 24.1 Å². The van der Waals surface area contributed by atoms with E-state index in [-0.39, 0.29) is 18.9 Å². The molecular formula is C12H15ClN2O5. The summed E-state index contributed by atoms with van der Waals surface area (Å²) < 4.78 is 11.7. The van der Waals surface area contributed by atoms with Crippen LogP contribution in [0.1, 0.15) is 18.2 Å². The van der Waals surface area contributed by atoms with Crippen LogP contribution in [0.3, 0.4) is 0 Å². The fourth-order valence-corrected chi connectivity index (χ4v) is 2.21. The summed E-state index contributed by atoms with van der Waals surface area (Å²) in [5.41, 5.74) is 1.21. The third-order valence-corrected chi connectivity index (χ3v) is 3.20. The van der Waals surface area contributed by atoms with Gasteiger partial charge in [-0.1, -0.05) is 11.6 Å². The molecule has 1 aromatic rings. The van der Waals surface area contributed by atoms with E-state index in [1.54, 1.807) is 0 Å². The Balaban J connectivity index is 2.38. The molecular weight excluding hydrogens is 288 g/mol. The number of aliphatic hydroxyl groups is 2. The van der Waals surface area contributed by atoms with Gasteiger partial charge >= 0.3 is 5.69 Å². The third kappa shape index (κ3) is 2.85. The van der Waals surface area contributed by atoms with Crippen molar-refractivity contribution < 1.29 is 19.7 Å². The Labute approximate surface area is 120 Å². The molecule has 2 rings (SSSR count). The summed E-state index contributed by atoms with van der Waals surface area (Å²) in [5.74, 6) is 0.153. The van der Waals surface area contributed by atoms with Crippen LogP contribution < -0.4 is 10.4 Å². The fourth-order valence-electron chi connectivity index (χ4n) is 2.07. The minimum atomic E-state index is -0.828. The van der Waals surface area contributed by atoms with Gasteiger partial charge in [0.25, 0.3) is 0 Å². The molecule has 0 aromatic carbocycles. The molecule has 110 valence electrons. The Morgan fingerprint density at radius 2 is 2.45 bits per heavy atom. The number of hydrogen-bond donors (Lipinski definition) is 2. The van der Waals surface area contributed by atoms with E-state index in [0.717, 1.165) is 0 Å². The Bertz CT molecular complexity index is 559. The number of halogens is 1. The average molecular weight is 303 g/mol. The summed E-state index contributed by atoms with van der Waals surface area (Å²) in [4.78, 5) is 15.7. The van der Waals surface area contributed by atoms with Gasteiger partial charge in [-0.3, -0.25) is 4.57 Å². The van der Waals surface area contributed by atoms with Gasteiger partial charge < -0.3 is 19.7 Å². The van der Waals surface area contributed by atoms with Gasteiger partial charge in [0, 0.05) is 18.2 Å². The quantitative estimate of drug-likeness (QED) is 0.819. The second kappa shape index (κ2) is 6.36. The van der Waals surface area contributed by atoms with Crippen molar-refractivity contribution in [3.8, 4) is 5.88 Å².